The third-order valence-electron chi connectivity index (χ3n) is 4.25. The van der Waals surface area contributed by atoms with Gasteiger partial charge in [0.2, 0.25) is 16.9 Å². The van der Waals surface area contributed by atoms with Crippen LogP contribution in [0.3, 0.4) is 0 Å². The van der Waals surface area contributed by atoms with Crippen molar-refractivity contribution in [2.24, 2.45) is 0 Å². The van der Waals surface area contributed by atoms with Crippen molar-refractivity contribution in [2.45, 2.75) is 31.0 Å². The summed E-state index contributed by atoms with van der Waals surface area (Å²) >= 11 is 1.50. The maximum Gasteiger partial charge on any atom is 0.247 e. The van der Waals surface area contributed by atoms with Gasteiger partial charge in [-0.3, -0.25) is 9.69 Å². The monoisotopic (exact) mass is 378 g/mol. The van der Waals surface area contributed by atoms with Crippen LogP contribution in [0, 0.1) is 0 Å². The minimum Gasteiger partial charge on any atom is -0.452 e. The van der Waals surface area contributed by atoms with E-state index in [0.717, 1.165) is 17.0 Å². The van der Waals surface area contributed by atoms with Gasteiger partial charge in [-0.2, -0.15) is 4.98 Å². The molecule has 1 aromatic heterocycles. The summed E-state index contributed by atoms with van der Waals surface area (Å²) in [5.74, 6) is 1.03. The Morgan fingerprint density at radius 3 is 2.63 bits per heavy atom. The van der Waals surface area contributed by atoms with E-state index >= 15 is 0 Å². The second-order valence-corrected chi connectivity index (χ2v) is 7.09. The van der Waals surface area contributed by atoms with Crippen LogP contribution in [0.4, 0.5) is 5.69 Å². The third-order valence-corrected chi connectivity index (χ3v) is 5.16. The summed E-state index contributed by atoms with van der Waals surface area (Å²) in [6.07, 6.45) is -0.492. The standard InChI is InChI=1S/C20H18N4O2S/c1-13(25)24-14(2)26-19-18(16-10-6-7-11-17(16)24)22-23-20(21-19)27-12-15-8-4-3-5-9-15/h3-11,14H,12H2,1-2H3/t14-/m0/s1. The van der Waals surface area contributed by atoms with Gasteiger partial charge in [-0.05, 0) is 18.6 Å². The molecule has 0 aliphatic carbocycles. The molecule has 2 aromatic carbocycles. The van der Waals surface area contributed by atoms with Gasteiger partial charge in [0.05, 0.1) is 5.69 Å². The van der Waals surface area contributed by atoms with Crippen LogP contribution in [0.2, 0.25) is 0 Å². The number of nitrogens with zero attached hydrogens (tertiary/aromatic N) is 4. The summed E-state index contributed by atoms with van der Waals surface area (Å²) in [5, 5.41) is 9.17. The Labute approximate surface area is 161 Å². The minimum absolute atomic E-state index is 0.102. The van der Waals surface area contributed by atoms with E-state index in [0.29, 0.717) is 16.7 Å². The number of anilines is 1. The Morgan fingerprint density at radius 2 is 1.85 bits per heavy atom. The Hall–Kier alpha value is -2.93. The van der Waals surface area contributed by atoms with E-state index in [1.165, 1.54) is 24.2 Å². The highest BCUT2D eigenvalue weighted by Gasteiger charge is 2.30. The Morgan fingerprint density at radius 1 is 1.11 bits per heavy atom. The van der Waals surface area contributed by atoms with Crippen molar-refractivity contribution in [3.05, 3.63) is 60.2 Å². The Bertz CT molecular complexity index is 981. The Kier molecular flexibility index (Phi) is 4.77. The van der Waals surface area contributed by atoms with Crippen LogP contribution in [0.25, 0.3) is 11.3 Å². The molecule has 6 nitrogen and oxygen atoms in total. The van der Waals surface area contributed by atoms with E-state index in [9.17, 15) is 4.79 Å². The van der Waals surface area contributed by atoms with Crippen molar-refractivity contribution < 1.29 is 9.53 Å². The number of rotatable bonds is 3. The van der Waals surface area contributed by atoms with E-state index < -0.39 is 6.23 Å². The van der Waals surface area contributed by atoms with Crippen molar-refractivity contribution in [3.63, 3.8) is 0 Å². The molecule has 0 unspecified atom stereocenters. The number of ether oxygens (including phenoxy) is 1. The second-order valence-electron chi connectivity index (χ2n) is 6.15. The molecule has 0 fully saturated rings. The predicted octanol–water partition coefficient (Wildman–Crippen LogP) is 3.92. The van der Waals surface area contributed by atoms with Gasteiger partial charge in [0, 0.05) is 18.2 Å². The molecule has 2 heterocycles. The number of carbonyl (C=O) groups is 1. The van der Waals surface area contributed by atoms with Crippen molar-refractivity contribution in [1.82, 2.24) is 15.2 Å². The number of amides is 1. The van der Waals surface area contributed by atoms with E-state index in [1.807, 2.05) is 49.4 Å². The zero-order valence-corrected chi connectivity index (χ0v) is 15.8. The summed E-state index contributed by atoms with van der Waals surface area (Å²) in [7, 11) is 0. The third kappa shape index (κ3) is 3.50. The predicted molar refractivity (Wildman–Crippen MR) is 105 cm³/mol. The van der Waals surface area contributed by atoms with E-state index in [2.05, 4.69) is 27.3 Å². The molecule has 1 atom stereocenters. The first-order valence-electron chi connectivity index (χ1n) is 8.61. The number of hydrogen-bond donors (Lipinski definition) is 0. The average Bonchev–Trinajstić information content (AvgIpc) is 2.80. The quantitative estimate of drug-likeness (QED) is 0.644. The van der Waals surface area contributed by atoms with Crippen LogP contribution in [-0.4, -0.2) is 27.3 Å². The van der Waals surface area contributed by atoms with E-state index in [-0.39, 0.29) is 5.91 Å². The molecule has 1 aliphatic rings. The van der Waals surface area contributed by atoms with Crippen LogP contribution >= 0.6 is 11.8 Å². The molecule has 0 saturated heterocycles. The summed E-state index contributed by atoms with van der Waals surface area (Å²) in [5.41, 5.74) is 3.26. The summed E-state index contributed by atoms with van der Waals surface area (Å²) in [4.78, 5) is 18.4. The molecule has 7 heteroatoms. The van der Waals surface area contributed by atoms with Crippen LogP contribution in [0.15, 0.2) is 59.8 Å². The van der Waals surface area contributed by atoms with Crippen LogP contribution < -0.4 is 9.64 Å². The minimum atomic E-state index is -0.492. The first-order valence-corrected chi connectivity index (χ1v) is 9.59. The normalized spacial score (nSPS) is 15.3. The molecular formula is C20H18N4O2S. The molecule has 4 rings (SSSR count). The summed E-state index contributed by atoms with van der Waals surface area (Å²) in [6.45, 7) is 3.35. The first-order chi connectivity index (χ1) is 13.1. The van der Waals surface area contributed by atoms with Crippen molar-refractivity contribution >= 4 is 23.4 Å². The number of hydrogen-bond acceptors (Lipinski definition) is 6. The topological polar surface area (TPSA) is 68.2 Å². The number of fused-ring (bicyclic) bond motifs is 3. The zero-order chi connectivity index (χ0) is 18.8. The largest absolute Gasteiger partial charge is 0.452 e. The highest BCUT2D eigenvalue weighted by molar-refractivity contribution is 7.98. The number of benzene rings is 2. The van der Waals surface area contributed by atoms with Crippen molar-refractivity contribution in [3.8, 4) is 17.1 Å². The van der Waals surface area contributed by atoms with Gasteiger partial charge in [-0.25, -0.2) is 0 Å². The molecule has 0 bridgehead atoms. The number of aromatic nitrogens is 3. The highest BCUT2D eigenvalue weighted by Crippen LogP contribution is 2.39. The van der Waals surface area contributed by atoms with Crippen LogP contribution in [0.5, 0.6) is 5.88 Å². The lowest BCUT2D eigenvalue weighted by atomic mass is 10.1. The Balaban J connectivity index is 1.69. The fourth-order valence-corrected chi connectivity index (χ4v) is 3.79. The lowest BCUT2D eigenvalue weighted by Gasteiger charge is -2.26. The summed E-state index contributed by atoms with van der Waals surface area (Å²) < 4.78 is 5.98. The van der Waals surface area contributed by atoms with Crippen molar-refractivity contribution in [2.75, 3.05) is 4.90 Å². The van der Waals surface area contributed by atoms with Gasteiger partial charge >= 0.3 is 0 Å². The lowest BCUT2D eigenvalue weighted by Crippen LogP contribution is -2.40. The van der Waals surface area contributed by atoms with Gasteiger partial charge in [-0.15, -0.1) is 10.2 Å². The van der Waals surface area contributed by atoms with Gasteiger partial charge in [-0.1, -0.05) is 60.3 Å². The molecule has 0 radical (unpaired) electrons. The van der Waals surface area contributed by atoms with Crippen LogP contribution in [-0.2, 0) is 10.5 Å². The molecule has 0 saturated carbocycles. The van der Waals surface area contributed by atoms with Gasteiger partial charge in [0.1, 0.15) is 0 Å². The van der Waals surface area contributed by atoms with Gasteiger partial charge < -0.3 is 4.74 Å². The molecule has 0 N–H and O–H groups in total. The molecule has 136 valence electrons. The number of para-hydroxylation sites is 1. The van der Waals surface area contributed by atoms with Gasteiger partial charge in [0.15, 0.2) is 11.9 Å². The fraction of sp³-hybridized carbons (Fsp3) is 0.200. The average molecular weight is 378 g/mol. The zero-order valence-electron chi connectivity index (χ0n) is 15.0. The molecule has 0 spiro atoms. The van der Waals surface area contributed by atoms with E-state index in [1.54, 1.807) is 4.90 Å². The molecule has 1 amide bonds. The molecule has 1 aliphatic heterocycles. The molecular weight excluding hydrogens is 360 g/mol. The fourth-order valence-electron chi connectivity index (χ4n) is 3.05. The summed E-state index contributed by atoms with van der Waals surface area (Å²) in [6, 6.07) is 17.7. The molecule has 3 aromatic rings. The van der Waals surface area contributed by atoms with Gasteiger partial charge in [0.25, 0.3) is 0 Å². The highest BCUT2D eigenvalue weighted by atomic mass is 32.2. The number of carbonyl (C=O) groups excluding carboxylic acids is 1. The van der Waals surface area contributed by atoms with Crippen LogP contribution in [0.1, 0.15) is 19.4 Å². The first kappa shape index (κ1) is 17.5. The maximum atomic E-state index is 12.2. The smallest absolute Gasteiger partial charge is 0.247 e. The number of thioether (sulfide) groups is 1. The SMILES string of the molecule is CC(=O)N1c2ccccc2-c2nnc(SCc3ccccc3)nc2O[C@H]1C. The van der Waals surface area contributed by atoms with E-state index in [4.69, 9.17) is 4.74 Å². The maximum absolute atomic E-state index is 12.2. The lowest BCUT2D eigenvalue weighted by molar-refractivity contribution is -0.118. The molecule has 27 heavy (non-hydrogen) atoms. The van der Waals surface area contributed by atoms with Crippen molar-refractivity contribution in [1.29, 1.82) is 0 Å². The second kappa shape index (κ2) is 7.36.